The molecule has 3 aromatic carbocycles. The van der Waals surface area contributed by atoms with Gasteiger partial charge in [-0.2, -0.15) is 0 Å². The molecule has 0 radical (unpaired) electrons. The van der Waals surface area contributed by atoms with Gasteiger partial charge in [0, 0.05) is 28.9 Å². The first-order valence-corrected chi connectivity index (χ1v) is 9.34. The van der Waals surface area contributed by atoms with E-state index >= 15 is 0 Å². The third kappa shape index (κ3) is 4.49. The van der Waals surface area contributed by atoms with E-state index in [0.29, 0.717) is 31.4 Å². The lowest BCUT2D eigenvalue weighted by atomic mass is 10.2. The zero-order valence-electron chi connectivity index (χ0n) is 15.1. The Balaban J connectivity index is 1.45. The number of hydrogen-bond acceptors (Lipinski definition) is 4. The van der Waals surface area contributed by atoms with Gasteiger partial charge in [-0.1, -0.05) is 23.7 Å². The summed E-state index contributed by atoms with van der Waals surface area (Å²) in [5.41, 5.74) is 2.72. The predicted molar refractivity (Wildman–Crippen MR) is 107 cm³/mol. The summed E-state index contributed by atoms with van der Waals surface area (Å²) in [6, 6.07) is 17.5. The molecule has 0 amide bonds. The molecule has 4 rings (SSSR count). The third-order valence-corrected chi connectivity index (χ3v) is 4.59. The molecule has 1 aliphatic heterocycles. The van der Waals surface area contributed by atoms with E-state index in [1.807, 2.05) is 30.3 Å². The first-order chi connectivity index (χ1) is 13.7. The Hall–Kier alpha value is -2.92. The van der Waals surface area contributed by atoms with Crippen LogP contribution in [0.2, 0.25) is 5.02 Å². The van der Waals surface area contributed by atoms with E-state index in [9.17, 15) is 4.39 Å². The standard InChI is InChI=1S/C22H19ClFNO3/c23-17-3-7-20(28-14-15-1-4-18(24)5-2-15)16(11-17)13-25-19-6-8-21-22(12-19)27-10-9-26-21/h1-8,11-12,25H,9-10,13-14H2. The summed E-state index contributed by atoms with van der Waals surface area (Å²) in [5, 5.41) is 3.99. The van der Waals surface area contributed by atoms with Crippen molar-refractivity contribution >= 4 is 17.3 Å². The van der Waals surface area contributed by atoms with Gasteiger partial charge in [0.05, 0.1) is 0 Å². The third-order valence-electron chi connectivity index (χ3n) is 4.36. The lowest BCUT2D eigenvalue weighted by Crippen LogP contribution is -2.15. The molecule has 0 unspecified atom stereocenters. The minimum absolute atomic E-state index is 0.264. The molecule has 28 heavy (non-hydrogen) atoms. The summed E-state index contributed by atoms with van der Waals surface area (Å²) >= 11 is 6.17. The van der Waals surface area contributed by atoms with E-state index in [-0.39, 0.29) is 5.82 Å². The van der Waals surface area contributed by atoms with Gasteiger partial charge in [0.25, 0.3) is 0 Å². The summed E-state index contributed by atoms with van der Waals surface area (Å²) in [7, 11) is 0. The molecule has 0 atom stereocenters. The van der Waals surface area contributed by atoms with E-state index in [0.717, 1.165) is 34.1 Å². The number of ether oxygens (including phenoxy) is 3. The van der Waals surface area contributed by atoms with E-state index in [1.54, 1.807) is 18.2 Å². The average Bonchev–Trinajstić information content (AvgIpc) is 2.72. The van der Waals surface area contributed by atoms with Crippen molar-refractivity contribution in [3.8, 4) is 17.2 Å². The van der Waals surface area contributed by atoms with Crippen molar-refractivity contribution < 1.29 is 18.6 Å². The van der Waals surface area contributed by atoms with Gasteiger partial charge < -0.3 is 19.5 Å². The zero-order chi connectivity index (χ0) is 19.3. The average molecular weight is 400 g/mol. The maximum Gasteiger partial charge on any atom is 0.163 e. The summed E-state index contributed by atoms with van der Waals surface area (Å²) in [4.78, 5) is 0. The van der Waals surface area contributed by atoms with E-state index in [2.05, 4.69) is 5.32 Å². The Morgan fingerprint density at radius 3 is 2.54 bits per heavy atom. The molecule has 0 aliphatic carbocycles. The first-order valence-electron chi connectivity index (χ1n) is 8.96. The van der Waals surface area contributed by atoms with Gasteiger partial charge in [-0.15, -0.1) is 0 Å². The fourth-order valence-corrected chi connectivity index (χ4v) is 3.11. The molecule has 0 fully saturated rings. The summed E-state index contributed by atoms with van der Waals surface area (Å²) in [5.74, 6) is 1.94. The van der Waals surface area contributed by atoms with E-state index in [4.69, 9.17) is 25.8 Å². The lowest BCUT2D eigenvalue weighted by Gasteiger charge is -2.19. The van der Waals surface area contributed by atoms with Crippen LogP contribution in [-0.4, -0.2) is 13.2 Å². The lowest BCUT2D eigenvalue weighted by molar-refractivity contribution is 0.171. The highest BCUT2D eigenvalue weighted by Crippen LogP contribution is 2.33. The van der Waals surface area contributed by atoms with Gasteiger partial charge in [0.1, 0.15) is 31.4 Å². The van der Waals surface area contributed by atoms with Crippen molar-refractivity contribution in [2.45, 2.75) is 13.2 Å². The van der Waals surface area contributed by atoms with E-state index < -0.39 is 0 Å². The number of rotatable bonds is 6. The molecule has 6 heteroatoms. The van der Waals surface area contributed by atoms with Crippen LogP contribution in [0.5, 0.6) is 17.2 Å². The Bertz CT molecular complexity index is 962. The Morgan fingerprint density at radius 2 is 1.71 bits per heavy atom. The van der Waals surface area contributed by atoms with Crippen molar-refractivity contribution in [3.05, 3.63) is 82.6 Å². The minimum Gasteiger partial charge on any atom is -0.489 e. The van der Waals surface area contributed by atoms with Crippen LogP contribution in [0, 0.1) is 5.82 Å². The van der Waals surface area contributed by atoms with Gasteiger partial charge in [-0.3, -0.25) is 0 Å². The van der Waals surface area contributed by atoms with Gasteiger partial charge in [0.15, 0.2) is 11.5 Å². The Labute approximate surface area is 167 Å². The fourth-order valence-electron chi connectivity index (χ4n) is 2.92. The molecule has 1 heterocycles. The highest BCUT2D eigenvalue weighted by Gasteiger charge is 2.12. The number of fused-ring (bicyclic) bond motifs is 1. The quantitative estimate of drug-likeness (QED) is 0.599. The van der Waals surface area contributed by atoms with Crippen LogP contribution in [0.3, 0.4) is 0 Å². The molecule has 1 N–H and O–H groups in total. The van der Waals surface area contributed by atoms with Crippen molar-refractivity contribution in [3.63, 3.8) is 0 Å². The van der Waals surface area contributed by atoms with Gasteiger partial charge in [-0.05, 0) is 48.0 Å². The molecule has 0 saturated heterocycles. The number of hydrogen-bond donors (Lipinski definition) is 1. The molecule has 0 bridgehead atoms. The topological polar surface area (TPSA) is 39.7 Å². The smallest absolute Gasteiger partial charge is 0.163 e. The molecule has 4 nitrogen and oxygen atoms in total. The maximum atomic E-state index is 13.0. The molecule has 144 valence electrons. The second-order valence-electron chi connectivity index (χ2n) is 6.38. The van der Waals surface area contributed by atoms with Crippen LogP contribution < -0.4 is 19.5 Å². The molecular weight excluding hydrogens is 381 g/mol. The zero-order valence-corrected chi connectivity index (χ0v) is 15.8. The number of nitrogens with one attached hydrogen (secondary N) is 1. The van der Waals surface area contributed by atoms with Gasteiger partial charge in [0.2, 0.25) is 0 Å². The van der Waals surface area contributed by atoms with Crippen LogP contribution in [0.1, 0.15) is 11.1 Å². The van der Waals surface area contributed by atoms with E-state index in [1.165, 1.54) is 12.1 Å². The monoisotopic (exact) mass is 399 g/mol. The molecular formula is C22H19ClFNO3. The number of halogens is 2. The first kappa shape index (κ1) is 18.4. The van der Waals surface area contributed by atoms with Crippen molar-refractivity contribution in [1.29, 1.82) is 0 Å². The highest BCUT2D eigenvalue weighted by molar-refractivity contribution is 6.30. The second-order valence-corrected chi connectivity index (χ2v) is 6.82. The van der Waals surface area contributed by atoms with Crippen LogP contribution in [-0.2, 0) is 13.2 Å². The number of anilines is 1. The van der Waals surface area contributed by atoms with Gasteiger partial charge >= 0.3 is 0 Å². The van der Waals surface area contributed by atoms with Crippen LogP contribution in [0.15, 0.2) is 60.7 Å². The van der Waals surface area contributed by atoms with Crippen molar-refractivity contribution in [2.75, 3.05) is 18.5 Å². The second kappa shape index (κ2) is 8.40. The Kier molecular flexibility index (Phi) is 5.53. The minimum atomic E-state index is -0.264. The predicted octanol–water partition coefficient (Wildman–Crippen LogP) is 5.44. The summed E-state index contributed by atoms with van der Waals surface area (Å²) in [6.45, 7) is 1.99. The fraction of sp³-hybridized carbons (Fsp3) is 0.182. The van der Waals surface area contributed by atoms with Gasteiger partial charge in [-0.25, -0.2) is 4.39 Å². The SMILES string of the molecule is Fc1ccc(COc2ccc(Cl)cc2CNc2ccc3c(c2)OCCO3)cc1. The maximum absolute atomic E-state index is 13.0. The van der Waals surface area contributed by atoms with Crippen molar-refractivity contribution in [1.82, 2.24) is 0 Å². The normalized spacial score (nSPS) is 12.5. The molecule has 3 aromatic rings. The van der Waals surface area contributed by atoms with Crippen LogP contribution >= 0.6 is 11.6 Å². The van der Waals surface area contributed by atoms with Crippen LogP contribution in [0.25, 0.3) is 0 Å². The van der Waals surface area contributed by atoms with Crippen molar-refractivity contribution in [2.24, 2.45) is 0 Å². The Morgan fingerprint density at radius 1 is 0.929 bits per heavy atom. The molecule has 0 spiro atoms. The van der Waals surface area contributed by atoms with Crippen LogP contribution in [0.4, 0.5) is 10.1 Å². The summed E-state index contributed by atoms with van der Waals surface area (Å²) < 4.78 is 30.1. The number of benzene rings is 3. The largest absolute Gasteiger partial charge is 0.489 e. The molecule has 0 saturated carbocycles. The summed E-state index contributed by atoms with van der Waals surface area (Å²) in [6.07, 6.45) is 0. The molecule has 1 aliphatic rings. The molecule has 0 aromatic heterocycles. The highest BCUT2D eigenvalue weighted by atomic mass is 35.5.